The molecule has 0 fully saturated rings. The quantitative estimate of drug-likeness (QED) is 0.894. The summed E-state index contributed by atoms with van der Waals surface area (Å²) < 4.78 is 2.08. The first-order valence-corrected chi connectivity index (χ1v) is 6.32. The maximum absolute atomic E-state index is 4.40. The number of imidazole rings is 1. The van der Waals surface area contributed by atoms with E-state index < -0.39 is 0 Å². The van der Waals surface area contributed by atoms with Gasteiger partial charge in [0.25, 0.3) is 0 Å². The standard InChI is InChI=1S/C15H21N3/c1-11-7-12(2)9-13(8-11)14(16-3)10-15-17-5-6-18(15)4/h5-9,14,16H,10H2,1-4H3. The van der Waals surface area contributed by atoms with Gasteiger partial charge in [-0.15, -0.1) is 0 Å². The van der Waals surface area contributed by atoms with E-state index in [4.69, 9.17) is 0 Å². The van der Waals surface area contributed by atoms with E-state index >= 15 is 0 Å². The van der Waals surface area contributed by atoms with Crippen LogP contribution in [0.1, 0.15) is 28.6 Å². The van der Waals surface area contributed by atoms with Crippen molar-refractivity contribution in [1.29, 1.82) is 0 Å². The van der Waals surface area contributed by atoms with Crippen LogP contribution in [0.3, 0.4) is 0 Å². The molecule has 0 saturated heterocycles. The molecule has 3 nitrogen and oxygen atoms in total. The molecule has 1 heterocycles. The second-order valence-electron chi connectivity index (χ2n) is 4.92. The van der Waals surface area contributed by atoms with E-state index in [2.05, 4.69) is 46.9 Å². The Labute approximate surface area is 109 Å². The zero-order valence-corrected chi connectivity index (χ0v) is 11.6. The minimum absolute atomic E-state index is 0.310. The Hall–Kier alpha value is -1.61. The Morgan fingerprint density at radius 1 is 1.22 bits per heavy atom. The average Bonchev–Trinajstić information content (AvgIpc) is 2.70. The Morgan fingerprint density at radius 2 is 1.89 bits per heavy atom. The molecular weight excluding hydrogens is 222 g/mol. The molecule has 0 aliphatic carbocycles. The van der Waals surface area contributed by atoms with Gasteiger partial charge in [0.15, 0.2) is 0 Å². The van der Waals surface area contributed by atoms with E-state index in [1.54, 1.807) is 0 Å². The van der Waals surface area contributed by atoms with Crippen molar-refractivity contribution in [2.45, 2.75) is 26.3 Å². The lowest BCUT2D eigenvalue weighted by molar-refractivity contribution is 0.563. The van der Waals surface area contributed by atoms with Crippen LogP contribution in [-0.4, -0.2) is 16.6 Å². The molecule has 1 aromatic carbocycles. The van der Waals surface area contributed by atoms with Crippen LogP contribution < -0.4 is 5.32 Å². The van der Waals surface area contributed by atoms with Gasteiger partial charge < -0.3 is 9.88 Å². The van der Waals surface area contributed by atoms with Crippen molar-refractivity contribution in [2.24, 2.45) is 7.05 Å². The number of aryl methyl sites for hydroxylation is 3. The predicted octanol–water partition coefficient (Wildman–Crippen LogP) is 2.54. The van der Waals surface area contributed by atoms with Crippen molar-refractivity contribution in [2.75, 3.05) is 7.05 Å². The van der Waals surface area contributed by atoms with E-state index in [0.29, 0.717) is 6.04 Å². The SMILES string of the molecule is CNC(Cc1nccn1C)c1cc(C)cc(C)c1. The lowest BCUT2D eigenvalue weighted by Gasteiger charge is -2.17. The van der Waals surface area contributed by atoms with E-state index in [1.165, 1.54) is 16.7 Å². The highest BCUT2D eigenvalue weighted by Crippen LogP contribution is 2.20. The smallest absolute Gasteiger partial charge is 0.110 e. The van der Waals surface area contributed by atoms with E-state index in [1.807, 2.05) is 26.5 Å². The lowest BCUT2D eigenvalue weighted by Crippen LogP contribution is -2.20. The molecule has 2 aromatic rings. The fourth-order valence-corrected chi connectivity index (χ4v) is 2.37. The van der Waals surface area contributed by atoms with Gasteiger partial charge in [0.2, 0.25) is 0 Å². The number of benzene rings is 1. The van der Waals surface area contributed by atoms with Crippen LogP contribution >= 0.6 is 0 Å². The van der Waals surface area contributed by atoms with Gasteiger partial charge in [0.1, 0.15) is 5.82 Å². The minimum Gasteiger partial charge on any atom is -0.338 e. The second kappa shape index (κ2) is 5.36. The van der Waals surface area contributed by atoms with Gasteiger partial charge in [0.05, 0.1) is 0 Å². The fourth-order valence-electron chi connectivity index (χ4n) is 2.37. The molecule has 1 unspecified atom stereocenters. The van der Waals surface area contributed by atoms with Gasteiger partial charge in [-0.25, -0.2) is 4.98 Å². The van der Waals surface area contributed by atoms with Crippen molar-refractivity contribution >= 4 is 0 Å². The van der Waals surface area contributed by atoms with Crippen LogP contribution in [0.25, 0.3) is 0 Å². The van der Waals surface area contributed by atoms with Crippen molar-refractivity contribution < 1.29 is 0 Å². The molecule has 0 spiro atoms. The summed E-state index contributed by atoms with van der Waals surface area (Å²) in [4.78, 5) is 4.40. The molecule has 1 aromatic heterocycles. The third-order valence-corrected chi connectivity index (χ3v) is 3.30. The largest absolute Gasteiger partial charge is 0.338 e. The van der Waals surface area contributed by atoms with Crippen LogP contribution in [0.5, 0.6) is 0 Å². The van der Waals surface area contributed by atoms with Crippen LogP contribution in [0.2, 0.25) is 0 Å². The molecule has 18 heavy (non-hydrogen) atoms. The van der Waals surface area contributed by atoms with Gasteiger partial charge in [-0.2, -0.15) is 0 Å². The predicted molar refractivity (Wildman–Crippen MR) is 74.6 cm³/mol. The van der Waals surface area contributed by atoms with Crippen molar-refractivity contribution in [3.63, 3.8) is 0 Å². The van der Waals surface area contributed by atoms with Crippen molar-refractivity contribution in [3.05, 3.63) is 53.1 Å². The third kappa shape index (κ3) is 2.79. The molecule has 1 atom stereocenters. The molecule has 0 radical (unpaired) electrons. The number of hydrogen-bond donors (Lipinski definition) is 1. The Kier molecular flexibility index (Phi) is 3.82. The fraction of sp³-hybridized carbons (Fsp3) is 0.400. The molecule has 3 heteroatoms. The monoisotopic (exact) mass is 243 g/mol. The molecule has 1 N–H and O–H groups in total. The summed E-state index contributed by atoms with van der Waals surface area (Å²) in [6.45, 7) is 4.29. The molecule has 96 valence electrons. The number of likely N-dealkylation sites (N-methyl/N-ethyl adjacent to an activating group) is 1. The Bertz CT molecular complexity index is 508. The molecular formula is C15H21N3. The normalized spacial score (nSPS) is 12.7. The van der Waals surface area contributed by atoms with E-state index in [0.717, 1.165) is 12.2 Å². The summed E-state index contributed by atoms with van der Waals surface area (Å²) in [5.41, 5.74) is 3.95. The first-order valence-electron chi connectivity index (χ1n) is 6.32. The average molecular weight is 243 g/mol. The highest BCUT2D eigenvalue weighted by molar-refractivity contribution is 5.31. The van der Waals surface area contributed by atoms with Crippen LogP contribution in [0.15, 0.2) is 30.6 Å². The molecule has 0 saturated carbocycles. The third-order valence-electron chi connectivity index (χ3n) is 3.30. The van der Waals surface area contributed by atoms with Gasteiger partial charge in [-0.05, 0) is 26.5 Å². The van der Waals surface area contributed by atoms with Crippen molar-refractivity contribution in [1.82, 2.24) is 14.9 Å². The van der Waals surface area contributed by atoms with Crippen LogP contribution in [0.4, 0.5) is 0 Å². The molecule has 0 bridgehead atoms. The summed E-state index contributed by atoms with van der Waals surface area (Å²) in [6.07, 6.45) is 4.75. The Morgan fingerprint density at radius 3 is 2.39 bits per heavy atom. The van der Waals surface area contributed by atoms with Gasteiger partial charge >= 0.3 is 0 Å². The summed E-state index contributed by atoms with van der Waals surface area (Å²) in [6, 6.07) is 7.01. The van der Waals surface area contributed by atoms with E-state index in [9.17, 15) is 0 Å². The van der Waals surface area contributed by atoms with Crippen LogP contribution in [-0.2, 0) is 13.5 Å². The molecule has 2 rings (SSSR count). The second-order valence-corrected chi connectivity index (χ2v) is 4.92. The summed E-state index contributed by atoms with van der Waals surface area (Å²) in [5.74, 6) is 1.11. The number of hydrogen-bond acceptors (Lipinski definition) is 2. The van der Waals surface area contributed by atoms with Gasteiger partial charge in [0, 0.05) is 31.9 Å². The zero-order valence-electron chi connectivity index (χ0n) is 11.6. The highest BCUT2D eigenvalue weighted by Gasteiger charge is 2.13. The van der Waals surface area contributed by atoms with Gasteiger partial charge in [-0.3, -0.25) is 0 Å². The topological polar surface area (TPSA) is 29.9 Å². The van der Waals surface area contributed by atoms with Crippen molar-refractivity contribution in [3.8, 4) is 0 Å². The number of aromatic nitrogens is 2. The maximum atomic E-state index is 4.40. The highest BCUT2D eigenvalue weighted by atomic mass is 15.0. The van der Waals surface area contributed by atoms with Gasteiger partial charge in [-0.1, -0.05) is 29.3 Å². The lowest BCUT2D eigenvalue weighted by atomic mass is 9.99. The first kappa shape index (κ1) is 12.8. The summed E-state index contributed by atoms with van der Waals surface area (Å²) >= 11 is 0. The van der Waals surface area contributed by atoms with Crippen LogP contribution in [0, 0.1) is 13.8 Å². The number of rotatable bonds is 4. The minimum atomic E-state index is 0.310. The number of nitrogens with zero attached hydrogens (tertiary/aromatic N) is 2. The molecule has 0 amide bonds. The zero-order chi connectivity index (χ0) is 13.1. The maximum Gasteiger partial charge on any atom is 0.110 e. The first-order chi connectivity index (χ1) is 8.60. The van der Waals surface area contributed by atoms with E-state index in [-0.39, 0.29) is 0 Å². The number of nitrogens with one attached hydrogen (secondary N) is 1. The Balaban J connectivity index is 2.25. The molecule has 0 aliphatic heterocycles. The summed E-state index contributed by atoms with van der Waals surface area (Å²) in [7, 11) is 4.04. The summed E-state index contributed by atoms with van der Waals surface area (Å²) in [5, 5.41) is 3.38. The molecule has 0 aliphatic rings.